The molecule has 51 heavy (non-hydrogen) atoms. The fraction of sp³-hybridized carbons (Fsp3) is 0.837. The number of ether oxygens (including phenoxy) is 3. The van der Waals surface area contributed by atoms with Gasteiger partial charge in [0.05, 0.1) is 40.3 Å². The van der Waals surface area contributed by atoms with Crippen LogP contribution in [-0.2, 0) is 28.6 Å². The largest absolute Gasteiger partial charge is 0.544 e. The Kier molecular flexibility index (Phi) is 33.4. The Bertz CT molecular complexity index is 895. The number of hydrogen-bond donors (Lipinski definition) is 0. The van der Waals surface area contributed by atoms with Crippen molar-refractivity contribution < 1.29 is 38.2 Å². The molecule has 0 aromatic rings. The van der Waals surface area contributed by atoms with Crippen molar-refractivity contribution in [2.75, 3.05) is 41.0 Å². The number of aliphatic carboxylic acids is 1. The number of likely N-dealkylation sites (N-methyl/N-ethyl adjacent to an activating group) is 1. The summed E-state index contributed by atoms with van der Waals surface area (Å²) in [4.78, 5) is 36.7. The lowest BCUT2D eigenvalue weighted by Gasteiger charge is -2.34. The van der Waals surface area contributed by atoms with Crippen molar-refractivity contribution >= 4 is 17.9 Å². The van der Waals surface area contributed by atoms with Crippen molar-refractivity contribution in [3.8, 4) is 0 Å². The van der Waals surface area contributed by atoms with Crippen molar-refractivity contribution in [1.29, 1.82) is 0 Å². The number of rotatable bonds is 37. The van der Waals surface area contributed by atoms with E-state index >= 15 is 0 Å². The first-order valence-electron chi connectivity index (χ1n) is 20.9. The van der Waals surface area contributed by atoms with Crippen LogP contribution in [-0.4, -0.2) is 75.5 Å². The number of unbranched alkanes of at least 4 members (excludes halogenated alkanes) is 19. The molecule has 0 bridgehead atoms. The Labute approximate surface area is 313 Å². The second kappa shape index (κ2) is 34.9. The van der Waals surface area contributed by atoms with E-state index in [-0.39, 0.29) is 42.7 Å². The lowest BCUT2D eigenvalue weighted by atomic mass is 10.0. The number of esters is 2. The zero-order chi connectivity index (χ0) is 37.8. The molecule has 2 unspecified atom stereocenters. The summed E-state index contributed by atoms with van der Waals surface area (Å²) in [5.41, 5.74) is 0. The molecule has 0 saturated heterocycles. The summed E-state index contributed by atoms with van der Waals surface area (Å²) in [5, 5.41) is 11.6. The van der Waals surface area contributed by atoms with Crippen LogP contribution in [0.4, 0.5) is 0 Å². The number of carbonyl (C=O) groups excluding carboxylic acids is 3. The lowest BCUT2D eigenvalue weighted by Crippen LogP contribution is -2.55. The highest BCUT2D eigenvalue weighted by Crippen LogP contribution is 2.15. The van der Waals surface area contributed by atoms with Crippen molar-refractivity contribution in [3.63, 3.8) is 0 Å². The van der Waals surface area contributed by atoms with Gasteiger partial charge in [0, 0.05) is 19.3 Å². The number of allylic oxidation sites excluding steroid dienone is 4. The van der Waals surface area contributed by atoms with Gasteiger partial charge in [-0.05, 0) is 38.5 Å². The average Bonchev–Trinajstić information content (AvgIpc) is 3.08. The van der Waals surface area contributed by atoms with E-state index in [0.717, 1.165) is 57.8 Å². The maximum absolute atomic E-state index is 12.7. The van der Waals surface area contributed by atoms with Crippen LogP contribution in [0.15, 0.2) is 24.3 Å². The molecule has 0 fully saturated rings. The van der Waals surface area contributed by atoms with Gasteiger partial charge in [-0.25, -0.2) is 0 Å². The molecule has 0 rings (SSSR count). The molecule has 8 heteroatoms. The molecule has 2 atom stereocenters. The number of hydrogen-bond acceptors (Lipinski definition) is 7. The zero-order valence-electron chi connectivity index (χ0n) is 33.8. The van der Waals surface area contributed by atoms with Gasteiger partial charge in [0.1, 0.15) is 12.6 Å². The summed E-state index contributed by atoms with van der Waals surface area (Å²) in [6.45, 7) is 4.55. The first-order valence-corrected chi connectivity index (χ1v) is 20.9. The normalized spacial score (nSPS) is 13.2. The van der Waals surface area contributed by atoms with Gasteiger partial charge in [-0.1, -0.05) is 147 Å². The van der Waals surface area contributed by atoms with Crippen LogP contribution in [0.2, 0.25) is 0 Å². The standard InChI is InChI=1S/C43H79NO7/c1-6-8-10-12-14-16-18-20-22-24-26-28-30-32-34-42(46)51-39(37-49-36-35-40(43(47)48)44(3,4)5)38-50-41(45)33-31-29-27-25-23-21-19-17-15-13-11-9-7-2/h8,10,14,16,39-40H,6-7,9,11-13,15,17-38H2,1-5H3/b10-8+,16-14+. The van der Waals surface area contributed by atoms with E-state index in [9.17, 15) is 19.5 Å². The van der Waals surface area contributed by atoms with Gasteiger partial charge < -0.3 is 28.6 Å². The quantitative estimate of drug-likeness (QED) is 0.0273. The first kappa shape index (κ1) is 48.8. The Morgan fingerprint density at radius 2 is 1.10 bits per heavy atom. The van der Waals surface area contributed by atoms with Crippen molar-refractivity contribution in [2.45, 2.75) is 193 Å². The van der Waals surface area contributed by atoms with E-state index < -0.39 is 18.1 Å². The minimum atomic E-state index is -1.13. The van der Waals surface area contributed by atoms with Gasteiger partial charge in [0.25, 0.3) is 0 Å². The van der Waals surface area contributed by atoms with E-state index in [0.29, 0.717) is 12.8 Å². The number of carbonyl (C=O) groups is 3. The highest BCUT2D eigenvalue weighted by molar-refractivity contribution is 5.70. The lowest BCUT2D eigenvalue weighted by molar-refractivity contribution is -0.889. The number of quaternary nitrogens is 1. The highest BCUT2D eigenvalue weighted by Gasteiger charge is 2.25. The molecular weight excluding hydrogens is 642 g/mol. The molecule has 0 aromatic heterocycles. The van der Waals surface area contributed by atoms with Gasteiger partial charge in [0.15, 0.2) is 6.10 Å². The first-order chi connectivity index (χ1) is 24.6. The Balaban J connectivity index is 4.37. The predicted octanol–water partition coefficient (Wildman–Crippen LogP) is 9.58. The van der Waals surface area contributed by atoms with Crippen LogP contribution >= 0.6 is 0 Å². The monoisotopic (exact) mass is 722 g/mol. The molecule has 298 valence electrons. The molecule has 0 aliphatic carbocycles. The Hall–Kier alpha value is -2.19. The van der Waals surface area contributed by atoms with Crippen LogP contribution in [0.1, 0.15) is 181 Å². The van der Waals surface area contributed by atoms with Gasteiger partial charge in [0.2, 0.25) is 0 Å². The van der Waals surface area contributed by atoms with Crippen LogP contribution in [0, 0.1) is 0 Å². The van der Waals surface area contributed by atoms with Gasteiger partial charge in [-0.3, -0.25) is 9.59 Å². The second-order valence-electron chi connectivity index (χ2n) is 15.2. The maximum atomic E-state index is 12.7. The van der Waals surface area contributed by atoms with Crippen LogP contribution in [0.5, 0.6) is 0 Å². The van der Waals surface area contributed by atoms with E-state index in [2.05, 4.69) is 38.2 Å². The molecule has 0 amide bonds. The van der Waals surface area contributed by atoms with Gasteiger partial charge >= 0.3 is 11.9 Å². The average molecular weight is 722 g/mol. The Morgan fingerprint density at radius 1 is 0.608 bits per heavy atom. The third kappa shape index (κ3) is 33.4. The molecule has 0 N–H and O–H groups in total. The maximum Gasteiger partial charge on any atom is 0.306 e. The molecule has 0 aliphatic heterocycles. The summed E-state index contributed by atoms with van der Waals surface area (Å²) >= 11 is 0. The summed E-state index contributed by atoms with van der Waals surface area (Å²) in [5.74, 6) is -1.74. The summed E-state index contributed by atoms with van der Waals surface area (Å²) in [7, 11) is 5.40. The van der Waals surface area contributed by atoms with Crippen LogP contribution < -0.4 is 5.11 Å². The minimum absolute atomic E-state index is 0.0410. The highest BCUT2D eigenvalue weighted by atomic mass is 16.6. The number of nitrogens with zero attached hydrogens (tertiary/aromatic N) is 1. The topological polar surface area (TPSA) is 102 Å². The van der Waals surface area contributed by atoms with E-state index in [1.165, 1.54) is 89.9 Å². The second-order valence-corrected chi connectivity index (χ2v) is 15.2. The third-order valence-corrected chi connectivity index (χ3v) is 9.35. The van der Waals surface area contributed by atoms with Crippen molar-refractivity contribution in [3.05, 3.63) is 24.3 Å². The van der Waals surface area contributed by atoms with Crippen LogP contribution in [0.25, 0.3) is 0 Å². The molecule has 0 radical (unpaired) electrons. The molecule has 8 nitrogen and oxygen atoms in total. The molecule has 0 spiro atoms. The molecule has 0 aliphatic rings. The summed E-state index contributed by atoms with van der Waals surface area (Å²) < 4.78 is 17.1. The fourth-order valence-corrected chi connectivity index (χ4v) is 6.11. The van der Waals surface area contributed by atoms with E-state index in [1.54, 1.807) is 21.1 Å². The number of carboxylic acids is 1. The predicted molar refractivity (Wildman–Crippen MR) is 208 cm³/mol. The smallest absolute Gasteiger partial charge is 0.306 e. The van der Waals surface area contributed by atoms with E-state index in [1.807, 2.05) is 0 Å². The van der Waals surface area contributed by atoms with E-state index in [4.69, 9.17) is 14.2 Å². The SMILES string of the molecule is CC/C=C/C/C=C/CCCCCCCCCC(=O)OC(COCCC(C(=O)[O-])[N+](C)(C)C)COC(=O)CCCCCCCCCCCCCCC. The minimum Gasteiger partial charge on any atom is -0.544 e. The number of carboxylic acid groups (broad SMARTS) is 1. The summed E-state index contributed by atoms with van der Waals surface area (Å²) in [6, 6.07) is -0.723. The summed E-state index contributed by atoms with van der Waals surface area (Å²) in [6.07, 6.45) is 36.2. The zero-order valence-corrected chi connectivity index (χ0v) is 33.8. The molecular formula is C43H79NO7. The van der Waals surface area contributed by atoms with Crippen molar-refractivity contribution in [2.24, 2.45) is 0 Å². The molecule has 0 aromatic carbocycles. The fourth-order valence-electron chi connectivity index (χ4n) is 6.11. The third-order valence-electron chi connectivity index (χ3n) is 9.35. The van der Waals surface area contributed by atoms with Crippen molar-refractivity contribution in [1.82, 2.24) is 0 Å². The Morgan fingerprint density at radius 3 is 1.61 bits per heavy atom. The van der Waals surface area contributed by atoms with Gasteiger partial charge in [-0.15, -0.1) is 0 Å². The molecule has 0 heterocycles. The molecule has 0 saturated carbocycles. The van der Waals surface area contributed by atoms with Crippen LogP contribution in [0.3, 0.4) is 0 Å². The van der Waals surface area contributed by atoms with Gasteiger partial charge in [-0.2, -0.15) is 0 Å².